The molecule has 1 fully saturated rings. The highest BCUT2D eigenvalue weighted by Gasteiger charge is 2.21. The Hall–Kier alpha value is -1.10. The molecule has 2 rings (SSSR count). The van der Waals surface area contributed by atoms with E-state index in [-0.39, 0.29) is 0 Å². The molecule has 1 atom stereocenters. The third-order valence-corrected chi connectivity index (χ3v) is 4.21. The zero-order valence-electron chi connectivity index (χ0n) is 14.2. The van der Waals surface area contributed by atoms with Gasteiger partial charge in [-0.1, -0.05) is 27.7 Å². The standard InChI is InChI=1S/C16H31N5/c1-12(11-16(2,3)4)10-14-18-15(20-19-14)21-8-6-13(17-5)7-9-21/h12-13,17H,6-11H2,1-5H3,(H,18,19,20). The highest BCUT2D eigenvalue weighted by Crippen LogP contribution is 2.26. The van der Waals surface area contributed by atoms with Crippen molar-refractivity contribution in [3.63, 3.8) is 0 Å². The molecule has 0 radical (unpaired) electrons. The predicted molar refractivity (Wildman–Crippen MR) is 87.6 cm³/mol. The minimum atomic E-state index is 0.372. The lowest BCUT2D eigenvalue weighted by molar-refractivity contribution is 0.304. The van der Waals surface area contributed by atoms with Gasteiger partial charge in [0.2, 0.25) is 5.95 Å². The zero-order chi connectivity index (χ0) is 15.5. The molecule has 2 N–H and O–H groups in total. The van der Waals surface area contributed by atoms with Gasteiger partial charge >= 0.3 is 0 Å². The second-order valence-corrected chi connectivity index (χ2v) is 7.71. The summed E-state index contributed by atoms with van der Waals surface area (Å²) in [6.45, 7) is 11.3. The van der Waals surface area contributed by atoms with Crippen LogP contribution in [0.3, 0.4) is 0 Å². The first-order chi connectivity index (χ1) is 9.87. The molecule has 0 aliphatic carbocycles. The van der Waals surface area contributed by atoms with Crippen LogP contribution in [0.25, 0.3) is 0 Å². The Morgan fingerprint density at radius 2 is 2.00 bits per heavy atom. The normalized spacial score (nSPS) is 19.0. The van der Waals surface area contributed by atoms with Crippen molar-refractivity contribution in [3.05, 3.63) is 5.82 Å². The van der Waals surface area contributed by atoms with E-state index in [4.69, 9.17) is 4.98 Å². The molecule has 1 aliphatic heterocycles. The van der Waals surface area contributed by atoms with Crippen LogP contribution in [0, 0.1) is 11.3 Å². The quantitative estimate of drug-likeness (QED) is 0.876. The van der Waals surface area contributed by atoms with E-state index < -0.39 is 0 Å². The van der Waals surface area contributed by atoms with Gasteiger partial charge in [0.15, 0.2) is 0 Å². The number of rotatable bonds is 5. The summed E-state index contributed by atoms with van der Waals surface area (Å²) in [6.07, 6.45) is 4.52. The van der Waals surface area contributed by atoms with E-state index in [1.54, 1.807) is 0 Å². The smallest absolute Gasteiger partial charge is 0.244 e. The Balaban J connectivity index is 1.87. The number of nitrogens with zero attached hydrogens (tertiary/aromatic N) is 3. The maximum atomic E-state index is 4.69. The minimum absolute atomic E-state index is 0.372. The summed E-state index contributed by atoms with van der Waals surface area (Å²) in [5.41, 5.74) is 0.372. The Bertz CT molecular complexity index is 426. The number of aromatic amines is 1. The molecule has 1 saturated heterocycles. The van der Waals surface area contributed by atoms with Crippen molar-refractivity contribution < 1.29 is 0 Å². The molecule has 1 aromatic heterocycles. The molecular formula is C16H31N5. The Morgan fingerprint density at radius 1 is 1.33 bits per heavy atom. The number of nitrogens with one attached hydrogen (secondary N) is 2. The number of hydrogen-bond acceptors (Lipinski definition) is 4. The van der Waals surface area contributed by atoms with Gasteiger partial charge in [-0.05, 0) is 37.6 Å². The van der Waals surface area contributed by atoms with Gasteiger partial charge < -0.3 is 10.2 Å². The number of hydrogen-bond donors (Lipinski definition) is 2. The van der Waals surface area contributed by atoms with Gasteiger partial charge in [0.1, 0.15) is 5.82 Å². The monoisotopic (exact) mass is 293 g/mol. The molecule has 0 saturated carbocycles. The summed E-state index contributed by atoms with van der Waals surface area (Å²) in [5.74, 6) is 2.53. The number of aromatic nitrogens is 3. The average Bonchev–Trinajstić information content (AvgIpc) is 2.85. The molecular weight excluding hydrogens is 262 g/mol. The van der Waals surface area contributed by atoms with E-state index in [0.29, 0.717) is 17.4 Å². The molecule has 0 aromatic carbocycles. The molecule has 120 valence electrons. The van der Waals surface area contributed by atoms with Crippen LogP contribution in [0.5, 0.6) is 0 Å². The summed E-state index contributed by atoms with van der Waals surface area (Å²) in [6, 6.07) is 0.645. The topological polar surface area (TPSA) is 56.8 Å². The Morgan fingerprint density at radius 3 is 2.57 bits per heavy atom. The van der Waals surface area contributed by atoms with E-state index >= 15 is 0 Å². The molecule has 0 amide bonds. The van der Waals surface area contributed by atoms with E-state index in [0.717, 1.165) is 31.3 Å². The zero-order valence-corrected chi connectivity index (χ0v) is 14.2. The van der Waals surface area contributed by atoms with Gasteiger partial charge in [-0.15, -0.1) is 5.10 Å². The molecule has 1 aliphatic rings. The van der Waals surface area contributed by atoms with Gasteiger partial charge in [0.25, 0.3) is 0 Å². The van der Waals surface area contributed by atoms with Crippen molar-refractivity contribution in [3.8, 4) is 0 Å². The molecule has 1 aromatic rings. The first-order valence-corrected chi connectivity index (χ1v) is 8.21. The van der Waals surface area contributed by atoms with Crippen LogP contribution in [-0.2, 0) is 6.42 Å². The minimum Gasteiger partial charge on any atom is -0.339 e. The van der Waals surface area contributed by atoms with E-state index in [2.05, 4.69) is 48.1 Å². The summed E-state index contributed by atoms with van der Waals surface area (Å²) < 4.78 is 0. The third-order valence-electron chi connectivity index (χ3n) is 4.21. The molecule has 5 nitrogen and oxygen atoms in total. The highest BCUT2D eigenvalue weighted by molar-refractivity contribution is 5.29. The molecule has 0 spiro atoms. The third kappa shape index (κ3) is 4.99. The fourth-order valence-electron chi connectivity index (χ4n) is 3.33. The second kappa shape index (κ2) is 6.77. The van der Waals surface area contributed by atoms with Gasteiger partial charge in [0.05, 0.1) is 0 Å². The summed E-state index contributed by atoms with van der Waals surface area (Å²) in [5, 5.41) is 10.9. The first kappa shape index (κ1) is 16.3. The van der Waals surface area contributed by atoms with Gasteiger partial charge in [-0.2, -0.15) is 4.98 Å². The van der Waals surface area contributed by atoms with Crippen LogP contribution in [0.2, 0.25) is 0 Å². The lowest BCUT2D eigenvalue weighted by Crippen LogP contribution is -2.41. The summed E-state index contributed by atoms with van der Waals surface area (Å²) in [7, 11) is 2.04. The van der Waals surface area contributed by atoms with Crippen LogP contribution >= 0.6 is 0 Å². The van der Waals surface area contributed by atoms with E-state index in [9.17, 15) is 0 Å². The van der Waals surface area contributed by atoms with Crippen molar-refractivity contribution in [2.24, 2.45) is 11.3 Å². The van der Waals surface area contributed by atoms with Crippen LogP contribution < -0.4 is 10.2 Å². The largest absolute Gasteiger partial charge is 0.339 e. The maximum Gasteiger partial charge on any atom is 0.244 e. The molecule has 21 heavy (non-hydrogen) atoms. The summed E-state index contributed by atoms with van der Waals surface area (Å²) >= 11 is 0. The van der Waals surface area contributed by atoms with Crippen LogP contribution in [0.1, 0.15) is 52.8 Å². The van der Waals surface area contributed by atoms with E-state index in [1.165, 1.54) is 19.3 Å². The van der Waals surface area contributed by atoms with Crippen molar-refractivity contribution in [1.29, 1.82) is 0 Å². The molecule has 5 heteroatoms. The average molecular weight is 293 g/mol. The molecule has 1 unspecified atom stereocenters. The SMILES string of the molecule is CNC1CCN(c2n[nH]c(CC(C)CC(C)(C)C)n2)CC1. The lowest BCUT2D eigenvalue weighted by atomic mass is 9.84. The van der Waals surface area contributed by atoms with Crippen LogP contribution in [-0.4, -0.2) is 41.4 Å². The van der Waals surface area contributed by atoms with Gasteiger partial charge in [-0.3, -0.25) is 5.10 Å². The Kier molecular flexibility index (Phi) is 5.25. The van der Waals surface area contributed by atoms with Crippen LogP contribution in [0.15, 0.2) is 0 Å². The number of H-pyrrole nitrogens is 1. The first-order valence-electron chi connectivity index (χ1n) is 8.21. The van der Waals surface area contributed by atoms with Crippen LogP contribution in [0.4, 0.5) is 5.95 Å². The fraction of sp³-hybridized carbons (Fsp3) is 0.875. The molecule has 0 bridgehead atoms. The maximum absolute atomic E-state index is 4.69. The van der Waals surface area contributed by atoms with Crippen molar-refractivity contribution >= 4 is 5.95 Å². The predicted octanol–water partition coefficient (Wildman–Crippen LogP) is 2.61. The second-order valence-electron chi connectivity index (χ2n) is 7.71. The van der Waals surface area contributed by atoms with Gasteiger partial charge in [-0.25, -0.2) is 0 Å². The lowest BCUT2D eigenvalue weighted by Gasteiger charge is -2.30. The van der Waals surface area contributed by atoms with E-state index in [1.807, 2.05) is 7.05 Å². The number of piperidine rings is 1. The summed E-state index contributed by atoms with van der Waals surface area (Å²) in [4.78, 5) is 6.99. The highest BCUT2D eigenvalue weighted by atomic mass is 15.4. The fourth-order valence-corrected chi connectivity index (χ4v) is 3.33. The van der Waals surface area contributed by atoms with Crippen molar-refractivity contribution in [1.82, 2.24) is 20.5 Å². The Labute approximate surface area is 128 Å². The molecule has 2 heterocycles. The van der Waals surface area contributed by atoms with Crippen molar-refractivity contribution in [2.75, 3.05) is 25.0 Å². The van der Waals surface area contributed by atoms with Crippen molar-refractivity contribution in [2.45, 2.75) is 59.4 Å². The number of anilines is 1. The van der Waals surface area contributed by atoms with Gasteiger partial charge in [0, 0.05) is 25.6 Å².